The fraction of sp³-hybridized carbons (Fsp3) is 0.542. The summed E-state index contributed by atoms with van der Waals surface area (Å²) in [7, 11) is 1.57. The van der Waals surface area contributed by atoms with E-state index in [1.165, 1.54) is 11.2 Å². The van der Waals surface area contributed by atoms with Crippen LogP contribution in [-0.2, 0) is 4.79 Å². The average Bonchev–Trinajstić information content (AvgIpc) is 3.18. The van der Waals surface area contributed by atoms with Crippen molar-refractivity contribution in [2.45, 2.75) is 38.1 Å². The highest BCUT2D eigenvalue weighted by molar-refractivity contribution is 6.29. The standard InChI is InChI=1S/C24H31ClN4O6/c1-14(31)24(2)12-29(23(33)18(32)11-30)10-17(24)15-4-5-19(34-3)20(6-15)35-16-8-28(9-16)22-7-21(25)26-13-27-22/h4-7,13-14,16-18,30-32H,8-12H2,1-3H3/t14-,17+,18+,24+/m1/s1. The Labute approximate surface area is 209 Å². The second-order valence-electron chi connectivity index (χ2n) is 9.41. The average molecular weight is 507 g/mol. The Morgan fingerprint density at radius 2 is 1.97 bits per heavy atom. The number of halogens is 1. The lowest BCUT2D eigenvalue weighted by Crippen LogP contribution is -2.54. The number of aromatic nitrogens is 2. The zero-order valence-corrected chi connectivity index (χ0v) is 20.7. The number of likely N-dealkylation sites (tertiary alicyclic amines) is 1. The summed E-state index contributed by atoms with van der Waals surface area (Å²) in [5, 5.41) is 30.1. The molecule has 35 heavy (non-hydrogen) atoms. The molecule has 1 aromatic heterocycles. The largest absolute Gasteiger partial charge is 0.493 e. The third-order valence-electron chi connectivity index (χ3n) is 7.13. The molecule has 0 spiro atoms. The molecular weight excluding hydrogens is 476 g/mol. The van der Waals surface area contributed by atoms with E-state index < -0.39 is 30.1 Å². The van der Waals surface area contributed by atoms with Gasteiger partial charge in [0.15, 0.2) is 17.6 Å². The summed E-state index contributed by atoms with van der Waals surface area (Å²) in [5.41, 5.74) is 0.229. The highest BCUT2D eigenvalue weighted by Crippen LogP contribution is 2.47. The van der Waals surface area contributed by atoms with Gasteiger partial charge in [-0.25, -0.2) is 9.97 Å². The Balaban J connectivity index is 1.53. The summed E-state index contributed by atoms with van der Waals surface area (Å²) < 4.78 is 11.8. The van der Waals surface area contributed by atoms with Gasteiger partial charge in [0.2, 0.25) is 0 Å². The smallest absolute Gasteiger partial charge is 0.253 e. The molecule has 4 atom stereocenters. The lowest BCUT2D eigenvalue weighted by molar-refractivity contribution is -0.141. The van der Waals surface area contributed by atoms with Gasteiger partial charge in [0.1, 0.15) is 23.4 Å². The zero-order valence-electron chi connectivity index (χ0n) is 20.0. The van der Waals surface area contributed by atoms with Crippen LogP contribution in [0.25, 0.3) is 0 Å². The molecule has 2 aliphatic heterocycles. The van der Waals surface area contributed by atoms with E-state index in [9.17, 15) is 20.1 Å². The molecule has 11 heteroatoms. The number of carbonyl (C=O) groups excluding carboxylic acids is 1. The van der Waals surface area contributed by atoms with E-state index in [1.54, 1.807) is 20.1 Å². The van der Waals surface area contributed by atoms with E-state index in [4.69, 9.17) is 21.1 Å². The molecule has 2 aliphatic rings. The van der Waals surface area contributed by atoms with Crippen LogP contribution in [0.1, 0.15) is 25.3 Å². The fourth-order valence-electron chi connectivity index (χ4n) is 4.76. The summed E-state index contributed by atoms with van der Waals surface area (Å²) in [6, 6.07) is 7.33. The SMILES string of the molecule is COc1ccc([C@@H]2CN(C(=O)[C@@H](O)CO)C[C@@]2(C)[C@@H](C)O)cc1OC1CN(c2cc(Cl)ncn2)C1. The third kappa shape index (κ3) is 5.02. The van der Waals surface area contributed by atoms with Crippen molar-refractivity contribution in [3.63, 3.8) is 0 Å². The van der Waals surface area contributed by atoms with Crippen molar-refractivity contribution in [2.24, 2.45) is 5.41 Å². The van der Waals surface area contributed by atoms with Crippen molar-refractivity contribution >= 4 is 23.3 Å². The van der Waals surface area contributed by atoms with E-state index in [0.29, 0.717) is 36.3 Å². The number of aliphatic hydroxyl groups is 3. The van der Waals surface area contributed by atoms with Crippen LogP contribution >= 0.6 is 11.6 Å². The summed E-state index contributed by atoms with van der Waals surface area (Å²) in [4.78, 5) is 24.2. The minimum Gasteiger partial charge on any atom is -0.493 e. The van der Waals surface area contributed by atoms with E-state index in [1.807, 2.05) is 30.0 Å². The first kappa shape index (κ1) is 25.4. The number of benzene rings is 1. The van der Waals surface area contributed by atoms with Crippen LogP contribution in [0.3, 0.4) is 0 Å². The number of ether oxygens (including phenoxy) is 2. The van der Waals surface area contributed by atoms with Crippen LogP contribution in [0, 0.1) is 5.41 Å². The predicted molar refractivity (Wildman–Crippen MR) is 129 cm³/mol. The summed E-state index contributed by atoms with van der Waals surface area (Å²) in [5.74, 6) is 1.12. The molecule has 10 nitrogen and oxygen atoms in total. The molecule has 2 saturated heterocycles. The molecule has 2 aromatic rings. The number of methoxy groups -OCH3 is 1. The molecule has 1 aromatic carbocycles. The first-order chi connectivity index (χ1) is 16.7. The van der Waals surface area contributed by atoms with Gasteiger partial charge in [-0.3, -0.25) is 4.79 Å². The van der Waals surface area contributed by atoms with Crippen molar-refractivity contribution < 1.29 is 29.6 Å². The number of carbonyl (C=O) groups is 1. The van der Waals surface area contributed by atoms with E-state index in [2.05, 4.69) is 9.97 Å². The van der Waals surface area contributed by atoms with Crippen molar-refractivity contribution in [1.82, 2.24) is 14.9 Å². The van der Waals surface area contributed by atoms with Gasteiger partial charge in [-0.05, 0) is 24.6 Å². The first-order valence-corrected chi connectivity index (χ1v) is 11.9. The van der Waals surface area contributed by atoms with Crippen molar-refractivity contribution in [3.05, 3.63) is 41.3 Å². The quantitative estimate of drug-likeness (QED) is 0.450. The number of hydrogen-bond donors (Lipinski definition) is 3. The van der Waals surface area contributed by atoms with Crippen LogP contribution < -0.4 is 14.4 Å². The van der Waals surface area contributed by atoms with Gasteiger partial charge >= 0.3 is 0 Å². The number of amides is 1. The topological polar surface area (TPSA) is 128 Å². The number of anilines is 1. The molecule has 0 unspecified atom stereocenters. The zero-order chi connectivity index (χ0) is 25.3. The minimum atomic E-state index is -1.48. The molecule has 0 aliphatic carbocycles. The maximum absolute atomic E-state index is 12.6. The Kier molecular flexibility index (Phi) is 7.37. The van der Waals surface area contributed by atoms with Crippen LogP contribution in [0.15, 0.2) is 30.6 Å². The van der Waals surface area contributed by atoms with Gasteiger partial charge in [0.05, 0.1) is 32.9 Å². The molecule has 0 saturated carbocycles. The summed E-state index contributed by atoms with van der Waals surface area (Å²) in [6.45, 7) is 4.77. The van der Waals surface area contributed by atoms with Gasteiger partial charge in [0.25, 0.3) is 5.91 Å². The Hall–Kier alpha value is -2.66. The second-order valence-corrected chi connectivity index (χ2v) is 9.79. The lowest BCUT2D eigenvalue weighted by atomic mass is 9.72. The van der Waals surface area contributed by atoms with Gasteiger partial charge < -0.3 is 34.6 Å². The fourth-order valence-corrected chi connectivity index (χ4v) is 4.90. The molecule has 0 bridgehead atoms. The minimum absolute atomic E-state index is 0.0857. The Morgan fingerprint density at radius 1 is 1.23 bits per heavy atom. The van der Waals surface area contributed by atoms with E-state index in [0.717, 1.165) is 11.4 Å². The van der Waals surface area contributed by atoms with Crippen LogP contribution in [0.4, 0.5) is 5.82 Å². The number of hydrogen-bond acceptors (Lipinski definition) is 9. The second kappa shape index (κ2) is 10.1. The molecule has 3 N–H and O–H groups in total. The van der Waals surface area contributed by atoms with Crippen LogP contribution in [-0.4, -0.2) is 94.3 Å². The number of rotatable bonds is 8. The molecule has 1 amide bonds. The van der Waals surface area contributed by atoms with Gasteiger partial charge in [-0.2, -0.15) is 0 Å². The normalized spacial score (nSPS) is 24.1. The molecule has 4 rings (SSSR count). The molecule has 0 radical (unpaired) electrons. The maximum atomic E-state index is 12.6. The molecule has 190 valence electrons. The highest BCUT2D eigenvalue weighted by Gasteiger charge is 2.49. The summed E-state index contributed by atoms with van der Waals surface area (Å²) >= 11 is 5.96. The summed E-state index contributed by atoms with van der Waals surface area (Å²) in [6.07, 6.45) is -0.861. The highest BCUT2D eigenvalue weighted by atomic mass is 35.5. The first-order valence-electron chi connectivity index (χ1n) is 11.5. The van der Waals surface area contributed by atoms with Gasteiger partial charge in [0, 0.05) is 30.5 Å². The van der Waals surface area contributed by atoms with Crippen molar-refractivity contribution in [1.29, 1.82) is 0 Å². The van der Waals surface area contributed by atoms with E-state index in [-0.39, 0.29) is 18.6 Å². The van der Waals surface area contributed by atoms with Gasteiger partial charge in [-0.15, -0.1) is 0 Å². The Bertz CT molecular complexity index is 1070. The predicted octanol–water partition coefficient (Wildman–Crippen LogP) is 1.07. The van der Waals surface area contributed by atoms with Crippen LogP contribution in [0.2, 0.25) is 5.15 Å². The molecular formula is C24H31ClN4O6. The maximum Gasteiger partial charge on any atom is 0.253 e. The van der Waals surface area contributed by atoms with E-state index >= 15 is 0 Å². The monoisotopic (exact) mass is 506 g/mol. The lowest BCUT2D eigenvalue weighted by Gasteiger charge is -2.40. The van der Waals surface area contributed by atoms with Crippen LogP contribution in [0.5, 0.6) is 11.5 Å². The molecule has 2 fully saturated rings. The third-order valence-corrected chi connectivity index (χ3v) is 7.34. The number of aliphatic hydroxyl groups excluding tert-OH is 3. The van der Waals surface area contributed by atoms with Crippen molar-refractivity contribution in [3.8, 4) is 11.5 Å². The Morgan fingerprint density at radius 3 is 2.60 bits per heavy atom. The number of nitrogens with zero attached hydrogens (tertiary/aromatic N) is 4. The molecule has 3 heterocycles. The van der Waals surface area contributed by atoms with Gasteiger partial charge in [-0.1, -0.05) is 24.6 Å². The van der Waals surface area contributed by atoms with Crippen molar-refractivity contribution in [2.75, 3.05) is 44.8 Å².